The zero-order valence-corrected chi connectivity index (χ0v) is 8.49. The van der Waals surface area contributed by atoms with Gasteiger partial charge in [0.15, 0.2) is 19.3 Å². The Bertz CT molecular complexity index is 321. The van der Waals surface area contributed by atoms with Crippen molar-refractivity contribution in [1.29, 1.82) is 0 Å². The first-order chi connectivity index (χ1) is 7.82. The van der Waals surface area contributed by atoms with Gasteiger partial charge in [0.2, 0.25) is 0 Å². The van der Waals surface area contributed by atoms with E-state index in [2.05, 4.69) is 9.47 Å². The molecule has 0 saturated carbocycles. The van der Waals surface area contributed by atoms with Gasteiger partial charge in [-0.1, -0.05) is 0 Å². The number of carbonyl (C=O) groups excluding carboxylic acids is 2. The molecule has 17 heavy (non-hydrogen) atoms. The third-order valence-corrected chi connectivity index (χ3v) is 1.33. The van der Waals surface area contributed by atoms with Crippen LogP contribution in [0.15, 0.2) is 0 Å². The number of carbonyl (C=O) groups is 4. The minimum absolute atomic E-state index is 0.814. The van der Waals surface area contributed by atoms with E-state index in [1.54, 1.807) is 0 Å². The summed E-state index contributed by atoms with van der Waals surface area (Å²) in [7, 11) is 0. The van der Waals surface area contributed by atoms with Crippen molar-refractivity contribution >= 4 is 23.9 Å². The van der Waals surface area contributed by atoms with Crippen LogP contribution in [0.1, 0.15) is 6.42 Å². The lowest BCUT2D eigenvalue weighted by atomic mass is 10.2. The van der Waals surface area contributed by atoms with Crippen LogP contribution in [-0.2, 0) is 28.7 Å². The lowest BCUT2D eigenvalue weighted by Gasteiger charge is -2.08. The number of ether oxygens (including phenoxy) is 2. The second-order valence-electron chi connectivity index (χ2n) is 2.78. The van der Waals surface area contributed by atoms with Gasteiger partial charge >= 0.3 is 23.9 Å². The number of aliphatic hydroxyl groups excluding tert-OH is 1. The number of hydrogen-bond donors (Lipinski definition) is 3. The van der Waals surface area contributed by atoms with Crippen molar-refractivity contribution in [2.24, 2.45) is 0 Å². The molecule has 96 valence electrons. The highest BCUT2D eigenvalue weighted by Crippen LogP contribution is 1.98. The van der Waals surface area contributed by atoms with Gasteiger partial charge in [0.05, 0.1) is 6.42 Å². The number of esters is 2. The molecule has 0 radical (unpaired) electrons. The van der Waals surface area contributed by atoms with Gasteiger partial charge in [-0.15, -0.1) is 0 Å². The van der Waals surface area contributed by atoms with Gasteiger partial charge in [-0.3, -0.25) is 4.79 Å². The largest absolute Gasteiger partial charge is 0.479 e. The summed E-state index contributed by atoms with van der Waals surface area (Å²) in [6.07, 6.45) is -2.71. The Kier molecular flexibility index (Phi) is 6.26. The highest BCUT2D eigenvalue weighted by Gasteiger charge is 2.22. The molecule has 0 aliphatic rings. The van der Waals surface area contributed by atoms with Crippen LogP contribution in [0, 0.1) is 0 Å². The van der Waals surface area contributed by atoms with Gasteiger partial charge in [0, 0.05) is 0 Å². The maximum atomic E-state index is 10.9. The topological polar surface area (TPSA) is 147 Å². The molecule has 0 saturated heterocycles. The molecule has 0 bridgehead atoms. The van der Waals surface area contributed by atoms with Crippen molar-refractivity contribution in [2.45, 2.75) is 12.5 Å². The lowest BCUT2D eigenvalue weighted by molar-refractivity contribution is -0.166. The van der Waals surface area contributed by atoms with Crippen LogP contribution in [-0.4, -0.2) is 58.5 Å². The predicted octanol–water partition coefficient (Wildman–Crippen LogP) is -2.01. The van der Waals surface area contributed by atoms with Crippen LogP contribution < -0.4 is 0 Å². The van der Waals surface area contributed by atoms with Gasteiger partial charge in [-0.2, -0.15) is 0 Å². The summed E-state index contributed by atoms with van der Waals surface area (Å²) in [6, 6.07) is 0. The second-order valence-corrected chi connectivity index (χ2v) is 2.78. The van der Waals surface area contributed by atoms with E-state index >= 15 is 0 Å². The molecule has 0 aromatic rings. The van der Waals surface area contributed by atoms with Crippen molar-refractivity contribution in [3.63, 3.8) is 0 Å². The van der Waals surface area contributed by atoms with Crippen LogP contribution in [0.3, 0.4) is 0 Å². The fourth-order valence-electron chi connectivity index (χ4n) is 0.671. The average Bonchev–Trinajstić information content (AvgIpc) is 2.22. The molecule has 0 heterocycles. The van der Waals surface area contributed by atoms with E-state index in [4.69, 9.17) is 15.3 Å². The zero-order valence-electron chi connectivity index (χ0n) is 8.49. The van der Waals surface area contributed by atoms with Crippen LogP contribution >= 0.6 is 0 Å². The summed E-state index contributed by atoms with van der Waals surface area (Å²) >= 11 is 0. The first kappa shape index (κ1) is 14.8. The van der Waals surface area contributed by atoms with Gasteiger partial charge in [-0.05, 0) is 0 Å². The molecule has 0 spiro atoms. The molecule has 0 aromatic carbocycles. The Balaban J connectivity index is 3.94. The number of aliphatic hydroxyl groups is 1. The van der Waals surface area contributed by atoms with Gasteiger partial charge in [-0.25, -0.2) is 14.4 Å². The average molecular weight is 250 g/mol. The molecule has 0 fully saturated rings. The van der Waals surface area contributed by atoms with Gasteiger partial charge in [0.25, 0.3) is 0 Å². The molecular weight excluding hydrogens is 240 g/mol. The smallest absolute Gasteiger partial charge is 0.341 e. The molecule has 3 N–H and O–H groups in total. The van der Waals surface area contributed by atoms with E-state index in [9.17, 15) is 19.2 Å². The van der Waals surface area contributed by atoms with Crippen molar-refractivity contribution in [1.82, 2.24) is 0 Å². The molecule has 1 atom stereocenters. The Labute approximate surface area is 94.5 Å². The summed E-state index contributed by atoms with van der Waals surface area (Å²) < 4.78 is 8.21. The van der Waals surface area contributed by atoms with Crippen LogP contribution in [0.2, 0.25) is 0 Å². The minimum Gasteiger partial charge on any atom is -0.479 e. The van der Waals surface area contributed by atoms with Crippen LogP contribution in [0.4, 0.5) is 0 Å². The maximum Gasteiger partial charge on any atom is 0.341 e. The fraction of sp³-hybridized carbons (Fsp3) is 0.500. The molecule has 0 aliphatic carbocycles. The zero-order chi connectivity index (χ0) is 13.4. The molecular formula is C8H10O9. The number of rotatable bonds is 7. The predicted molar refractivity (Wildman–Crippen MR) is 47.8 cm³/mol. The molecule has 9 nitrogen and oxygen atoms in total. The van der Waals surface area contributed by atoms with Gasteiger partial charge < -0.3 is 24.8 Å². The monoisotopic (exact) mass is 250 g/mol. The Morgan fingerprint density at radius 3 is 1.88 bits per heavy atom. The summed E-state index contributed by atoms with van der Waals surface area (Å²) in [5, 5.41) is 25.4. The fourth-order valence-corrected chi connectivity index (χ4v) is 0.671. The summed E-state index contributed by atoms with van der Waals surface area (Å²) in [5.41, 5.74) is 0. The quantitative estimate of drug-likeness (QED) is 0.436. The highest BCUT2D eigenvalue weighted by molar-refractivity contribution is 5.83. The van der Waals surface area contributed by atoms with Crippen molar-refractivity contribution in [3.8, 4) is 0 Å². The molecule has 1 unspecified atom stereocenters. The SMILES string of the molecule is O=C(O)COC(=O)CC(O)C(=O)OCC(=O)O. The van der Waals surface area contributed by atoms with E-state index in [1.807, 2.05) is 0 Å². The van der Waals surface area contributed by atoms with E-state index in [-0.39, 0.29) is 0 Å². The first-order valence-corrected chi connectivity index (χ1v) is 4.27. The first-order valence-electron chi connectivity index (χ1n) is 4.27. The minimum atomic E-state index is -1.89. The van der Waals surface area contributed by atoms with Crippen molar-refractivity contribution in [2.75, 3.05) is 13.2 Å². The van der Waals surface area contributed by atoms with E-state index in [0.29, 0.717) is 0 Å². The lowest BCUT2D eigenvalue weighted by Crippen LogP contribution is -2.29. The number of carboxylic acid groups (broad SMARTS) is 2. The van der Waals surface area contributed by atoms with Crippen molar-refractivity contribution in [3.05, 3.63) is 0 Å². The Morgan fingerprint density at radius 2 is 1.41 bits per heavy atom. The molecule has 9 heteroatoms. The molecule has 0 aromatic heterocycles. The van der Waals surface area contributed by atoms with E-state index in [1.165, 1.54) is 0 Å². The molecule has 0 aliphatic heterocycles. The summed E-state index contributed by atoms with van der Waals surface area (Å²) in [6.45, 7) is -1.84. The van der Waals surface area contributed by atoms with E-state index in [0.717, 1.165) is 0 Å². The summed E-state index contributed by atoms with van der Waals surface area (Å²) in [5.74, 6) is -5.23. The second kappa shape index (κ2) is 7.17. The number of hydrogen-bond acceptors (Lipinski definition) is 7. The Hall–Kier alpha value is -2.16. The Morgan fingerprint density at radius 1 is 0.941 bits per heavy atom. The normalized spacial score (nSPS) is 11.4. The van der Waals surface area contributed by atoms with E-state index < -0.39 is 49.6 Å². The van der Waals surface area contributed by atoms with Gasteiger partial charge in [0.1, 0.15) is 0 Å². The number of aliphatic carboxylic acids is 2. The molecule has 0 amide bonds. The van der Waals surface area contributed by atoms with Crippen LogP contribution in [0.25, 0.3) is 0 Å². The van der Waals surface area contributed by atoms with Crippen molar-refractivity contribution < 1.29 is 44.0 Å². The highest BCUT2D eigenvalue weighted by atomic mass is 16.6. The third kappa shape index (κ3) is 7.73. The summed E-state index contributed by atoms with van der Waals surface area (Å²) in [4.78, 5) is 41.7. The standard InChI is InChI=1S/C8H10O9/c9-4(8(15)17-3-6(12)13)1-7(14)16-2-5(10)11/h4,9H,1-3H2,(H,10,11)(H,12,13). The third-order valence-electron chi connectivity index (χ3n) is 1.33. The maximum absolute atomic E-state index is 10.9. The number of carboxylic acids is 2. The molecule has 0 rings (SSSR count). The van der Waals surface area contributed by atoms with Crippen LogP contribution in [0.5, 0.6) is 0 Å².